The zero-order valence-electron chi connectivity index (χ0n) is 11.3. The van der Waals surface area contributed by atoms with Crippen LogP contribution in [0.5, 0.6) is 0 Å². The molecule has 4 heteroatoms. The second-order valence-corrected chi connectivity index (χ2v) is 5.28. The smallest absolute Gasteiger partial charge is 0.251 e. The van der Waals surface area contributed by atoms with Crippen molar-refractivity contribution >= 4 is 5.91 Å². The fourth-order valence-corrected chi connectivity index (χ4v) is 2.64. The van der Waals surface area contributed by atoms with Gasteiger partial charge in [0.1, 0.15) is 0 Å². The van der Waals surface area contributed by atoms with Crippen LogP contribution in [0.1, 0.15) is 41.6 Å². The Labute approximate surface area is 114 Å². The number of carbonyl (C=O) groups is 1. The number of nitrogens with one attached hydrogen (secondary N) is 1. The van der Waals surface area contributed by atoms with Gasteiger partial charge in [0.25, 0.3) is 5.91 Å². The average Bonchev–Trinajstić information content (AvgIpc) is 2.42. The van der Waals surface area contributed by atoms with Gasteiger partial charge in [-0.3, -0.25) is 4.79 Å². The summed E-state index contributed by atoms with van der Waals surface area (Å²) in [5.41, 5.74) is 13.2. The number of nitrogens with two attached hydrogens (primary N) is 2. The molecule has 1 aromatic carbocycles. The molecule has 1 aromatic rings. The largest absolute Gasteiger partial charge is 0.349 e. The Balaban J connectivity index is 1.99. The third-order valence-electron chi connectivity index (χ3n) is 3.78. The molecule has 1 saturated carbocycles. The van der Waals surface area contributed by atoms with E-state index in [-0.39, 0.29) is 11.9 Å². The first kappa shape index (κ1) is 14.0. The predicted molar refractivity (Wildman–Crippen MR) is 76.9 cm³/mol. The molecule has 2 rings (SSSR count). The summed E-state index contributed by atoms with van der Waals surface area (Å²) in [6.45, 7) is 0.558. The first-order valence-corrected chi connectivity index (χ1v) is 7.05. The highest BCUT2D eigenvalue weighted by Gasteiger charge is 2.21. The van der Waals surface area contributed by atoms with Crippen LogP contribution < -0.4 is 16.8 Å². The van der Waals surface area contributed by atoms with Gasteiger partial charge in [-0.15, -0.1) is 0 Å². The quantitative estimate of drug-likeness (QED) is 0.761. The highest BCUT2D eigenvalue weighted by Crippen LogP contribution is 2.18. The molecule has 104 valence electrons. The van der Waals surface area contributed by atoms with Crippen molar-refractivity contribution in [1.82, 2.24) is 5.32 Å². The maximum atomic E-state index is 12.3. The fourth-order valence-electron chi connectivity index (χ4n) is 2.64. The van der Waals surface area contributed by atoms with E-state index in [9.17, 15) is 4.79 Å². The summed E-state index contributed by atoms with van der Waals surface area (Å²) >= 11 is 0. The normalized spacial score (nSPS) is 23.1. The lowest BCUT2D eigenvalue weighted by molar-refractivity contribution is 0.0925. The third-order valence-corrected chi connectivity index (χ3v) is 3.78. The lowest BCUT2D eigenvalue weighted by atomic mass is 9.91. The standard InChI is InChI=1S/C15H23N3O/c16-10-9-11-3-1-2-4-14(11)15(19)18-13-7-5-12(17)6-8-13/h1-4,12-13H,5-10,16-17H2,(H,18,19). The summed E-state index contributed by atoms with van der Waals surface area (Å²) in [5, 5.41) is 3.12. The van der Waals surface area contributed by atoms with Crippen LogP contribution in [-0.2, 0) is 6.42 Å². The molecule has 0 aliphatic heterocycles. The van der Waals surface area contributed by atoms with Crippen molar-refractivity contribution in [2.75, 3.05) is 6.54 Å². The van der Waals surface area contributed by atoms with Crippen molar-refractivity contribution < 1.29 is 4.79 Å². The molecule has 4 nitrogen and oxygen atoms in total. The molecule has 0 radical (unpaired) electrons. The molecule has 1 amide bonds. The van der Waals surface area contributed by atoms with Gasteiger partial charge in [-0.1, -0.05) is 18.2 Å². The molecule has 0 unspecified atom stereocenters. The summed E-state index contributed by atoms with van der Waals surface area (Å²) in [7, 11) is 0. The van der Waals surface area contributed by atoms with Crippen molar-refractivity contribution in [2.24, 2.45) is 11.5 Å². The molecule has 0 bridgehead atoms. The molecule has 0 aromatic heterocycles. The zero-order chi connectivity index (χ0) is 13.7. The highest BCUT2D eigenvalue weighted by molar-refractivity contribution is 5.95. The predicted octanol–water partition coefficient (Wildman–Crippen LogP) is 1.19. The molecule has 1 fully saturated rings. The molecule has 1 aliphatic rings. The minimum atomic E-state index is 0.0181. The molecule has 19 heavy (non-hydrogen) atoms. The van der Waals surface area contributed by atoms with Gasteiger partial charge in [0.15, 0.2) is 0 Å². The molecule has 0 heterocycles. The first-order chi connectivity index (χ1) is 9.20. The van der Waals surface area contributed by atoms with E-state index in [1.165, 1.54) is 0 Å². The van der Waals surface area contributed by atoms with Crippen molar-refractivity contribution in [3.05, 3.63) is 35.4 Å². The van der Waals surface area contributed by atoms with Crippen LogP contribution in [0.3, 0.4) is 0 Å². The summed E-state index contributed by atoms with van der Waals surface area (Å²) in [4.78, 5) is 12.3. The van der Waals surface area contributed by atoms with Gasteiger partial charge < -0.3 is 16.8 Å². The van der Waals surface area contributed by atoms with Gasteiger partial charge in [-0.2, -0.15) is 0 Å². The van der Waals surface area contributed by atoms with Crippen LogP contribution >= 0.6 is 0 Å². The molecule has 0 spiro atoms. The molecule has 1 aliphatic carbocycles. The van der Waals surface area contributed by atoms with E-state index in [0.717, 1.165) is 43.2 Å². The highest BCUT2D eigenvalue weighted by atomic mass is 16.1. The van der Waals surface area contributed by atoms with Crippen LogP contribution in [-0.4, -0.2) is 24.5 Å². The Hall–Kier alpha value is -1.39. The summed E-state index contributed by atoms with van der Waals surface area (Å²) in [6.07, 6.45) is 4.68. The van der Waals surface area contributed by atoms with Crippen molar-refractivity contribution in [2.45, 2.75) is 44.2 Å². The van der Waals surface area contributed by atoms with E-state index in [0.29, 0.717) is 12.6 Å². The van der Waals surface area contributed by atoms with Gasteiger partial charge in [0.05, 0.1) is 0 Å². The Morgan fingerprint density at radius 2 is 1.89 bits per heavy atom. The van der Waals surface area contributed by atoms with Gasteiger partial charge >= 0.3 is 0 Å². The molecule has 0 saturated heterocycles. The van der Waals surface area contributed by atoms with Crippen molar-refractivity contribution in [3.63, 3.8) is 0 Å². The topological polar surface area (TPSA) is 81.1 Å². The van der Waals surface area contributed by atoms with Crippen LogP contribution in [0.15, 0.2) is 24.3 Å². The van der Waals surface area contributed by atoms with Gasteiger partial charge in [-0.05, 0) is 50.3 Å². The zero-order valence-corrected chi connectivity index (χ0v) is 11.3. The average molecular weight is 261 g/mol. The summed E-state index contributed by atoms with van der Waals surface area (Å²) in [5.74, 6) is 0.0181. The molecular weight excluding hydrogens is 238 g/mol. The van der Waals surface area contributed by atoms with Crippen LogP contribution in [0.25, 0.3) is 0 Å². The van der Waals surface area contributed by atoms with E-state index in [1.54, 1.807) is 0 Å². The molecular formula is C15H23N3O. The Kier molecular flexibility index (Phi) is 4.93. The summed E-state index contributed by atoms with van der Waals surface area (Å²) in [6, 6.07) is 8.25. The van der Waals surface area contributed by atoms with E-state index in [1.807, 2.05) is 24.3 Å². The third kappa shape index (κ3) is 3.78. The molecule has 5 N–H and O–H groups in total. The van der Waals surface area contributed by atoms with Crippen LogP contribution in [0, 0.1) is 0 Å². The Morgan fingerprint density at radius 3 is 2.58 bits per heavy atom. The molecule has 0 atom stereocenters. The fraction of sp³-hybridized carbons (Fsp3) is 0.533. The van der Waals surface area contributed by atoms with Crippen LogP contribution in [0.4, 0.5) is 0 Å². The lowest BCUT2D eigenvalue weighted by Gasteiger charge is -2.27. The number of hydrogen-bond donors (Lipinski definition) is 3. The van der Waals surface area contributed by atoms with Crippen LogP contribution in [0.2, 0.25) is 0 Å². The lowest BCUT2D eigenvalue weighted by Crippen LogP contribution is -2.40. The Morgan fingerprint density at radius 1 is 1.21 bits per heavy atom. The second-order valence-electron chi connectivity index (χ2n) is 5.28. The van der Waals surface area contributed by atoms with Gasteiger partial charge in [0, 0.05) is 17.6 Å². The number of carbonyl (C=O) groups excluding carboxylic acids is 1. The SMILES string of the molecule is NCCc1ccccc1C(=O)NC1CCC(N)CC1. The monoisotopic (exact) mass is 261 g/mol. The number of benzene rings is 1. The number of hydrogen-bond acceptors (Lipinski definition) is 3. The minimum absolute atomic E-state index is 0.0181. The summed E-state index contributed by atoms with van der Waals surface area (Å²) < 4.78 is 0. The van der Waals surface area contributed by atoms with Gasteiger partial charge in [0.2, 0.25) is 0 Å². The second kappa shape index (κ2) is 6.68. The maximum absolute atomic E-state index is 12.3. The van der Waals surface area contributed by atoms with E-state index >= 15 is 0 Å². The first-order valence-electron chi connectivity index (χ1n) is 7.05. The minimum Gasteiger partial charge on any atom is -0.349 e. The van der Waals surface area contributed by atoms with E-state index < -0.39 is 0 Å². The van der Waals surface area contributed by atoms with E-state index in [4.69, 9.17) is 11.5 Å². The number of rotatable bonds is 4. The maximum Gasteiger partial charge on any atom is 0.251 e. The van der Waals surface area contributed by atoms with Gasteiger partial charge in [-0.25, -0.2) is 0 Å². The number of amides is 1. The van der Waals surface area contributed by atoms with E-state index in [2.05, 4.69) is 5.32 Å². The van der Waals surface area contributed by atoms with Crippen molar-refractivity contribution in [3.8, 4) is 0 Å². The Bertz CT molecular complexity index is 425. The van der Waals surface area contributed by atoms with Crippen molar-refractivity contribution in [1.29, 1.82) is 0 Å².